The summed E-state index contributed by atoms with van der Waals surface area (Å²) in [5.74, 6) is -0.366. The van der Waals surface area contributed by atoms with Gasteiger partial charge in [0, 0.05) is 6.07 Å². The van der Waals surface area contributed by atoms with Gasteiger partial charge >= 0.3 is 0 Å². The Morgan fingerprint density at radius 2 is 2.00 bits per heavy atom. The molecular formula is C17H14N4O5. The second-order valence-corrected chi connectivity index (χ2v) is 5.35. The first kappa shape index (κ1) is 17.1. The Kier molecular flexibility index (Phi) is 4.88. The first-order chi connectivity index (χ1) is 12.6. The SMILES string of the molecule is O=C(CN1C(=O)COc2ccccc21)N/N=C\c1ccccc1[N+](=O)[O-]. The molecule has 9 heteroatoms. The number of hydrogen-bond donors (Lipinski definition) is 1. The van der Waals surface area contributed by atoms with E-state index < -0.39 is 10.8 Å². The van der Waals surface area contributed by atoms with E-state index in [1.54, 1.807) is 30.3 Å². The number of fused-ring (bicyclic) bond motifs is 1. The minimum absolute atomic E-state index is 0.122. The van der Waals surface area contributed by atoms with Crippen molar-refractivity contribution in [2.45, 2.75) is 0 Å². The summed E-state index contributed by atoms with van der Waals surface area (Å²) in [6.45, 7) is -0.392. The summed E-state index contributed by atoms with van der Waals surface area (Å²) in [5.41, 5.74) is 2.90. The molecule has 0 atom stereocenters. The molecule has 9 nitrogen and oxygen atoms in total. The number of carbonyl (C=O) groups excluding carboxylic acids is 2. The summed E-state index contributed by atoms with van der Waals surface area (Å²) in [6.07, 6.45) is 1.19. The Balaban J connectivity index is 1.67. The largest absolute Gasteiger partial charge is 0.482 e. The van der Waals surface area contributed by atoms with Crippen molar-refractivity contribution in [2.24, 2.45) is 5.10 Å². The second-order valence-electron chi connectivity index (χ2n) is 5.35. The van der Waals surface area contributed by atoms with Crippen LogP contribution >= 0.6 is 0 Å². The van der Waals surface area contributed by atoms with Gasteiger partial charge in [0.15, 0.2) is 6.61 Å². The third kappa shape index (κ3) is 3.66. The lowest BCUT2D eigenvalue weighted by atomic mass is 10.2. The average molecular weight is 354 g/mol. The highest BCUT2D eigenvalue weighted by molar-refractivity contribution is 6.02. The molecule has 1 heterocycles. The number of nitro benzene ring substituents is 1. The van der Waals surface area contributed by atoms with E-state index in [4.69, 9.17) is 4.74 Å². The molecule has 0 aliphatic carbocycles. The number of amides is 2. The highest BCUT2D eigenvalue weighted by atomic mass is 16.6. The number of nitro groups is 1. The monoisotopic (exact) mass is 354 g/mol. The molecule has 2 amide bonds. The fraction of sp³-hybridized carbons (Fsp3) is 0.118. The molecule has 2 aromatic carbocycles. The van der Waals surface area contributed by atoms with Crippen molar-refractivity contribution in [2.75, 3.05) is 18.1 Å². The molecule has 26 heavy (non-hydrogen) atoms. The lowest BCUT2D eigenvalue weighted by Gasteiger charge is -2.28. The Labute approximate surface area is 148 Å². The number of anilines is 1. The highest BCUT2D eigenvalue weighted by Gasteiger charge is 2.26. The molecule has 1 N–H and O–H groups in total. The molecule has 0 unspecified atom stereocenters. The second kappa shape index (κ2) is 7.43. The van der Waals surface area contributed by atoms with Crippen LogP contribution in [0.1, 0.15) is 5.56 Å². The summed E-state index contributed by atoms with van der Waals surface area (Å²) in [6, 6.07) is 12.9. The van der Waals surface area contributed by atoms with Crippen LogP contribution in [0, 0.1) is 10.1 Å². The highest BCUT2D eigenvalue weighted by Crippen LogP contribution is 2.31. The summed E-state index contributed by atoms with van der Waals surface area (Å²) in [7, 11) is 0. The molecule has 0 saturated heterocycles. The standard InChI is InChI=1S/C17H14N4O5/c22-16(19-18-9-12-5-1-2-6-13(12)21(24)25)10-20-14-7-3-4-8-15(14)26-11-17(20)23/h1-9H,10-11H2,(H,19,22)/b18-9-. The van der Waals surface area contributed by atoms with Gasteiger partial charge in [-0.2, -0.15) is 5.10 Å². The zero-order valence-electron chi connectivity index (χ0n) is 13.5. The van der Waals surface area contributed by atoms with Crippen LogP contribution in [-0.2, 0) is 9.59 Å². The number of carbonyl (C=O) groups is 2. The summed E-state index contributed by atoms with van der Waals surface area (Å²) in [4.78, 5) is 35.8. The van der Waals surface area contributed by atoms with Gasteiger partial charge in [-0.3, -0.25) is 24.6 Å². The van der Waals surface area contributed by atoms with Crippen molar-refractivity contribution >= 4 is 29.4 Å². The van der Waals surface area contributed by atoms with Crippen molar-refractivity contribution in [3.8, 4) is 5.75 Å². The molecule has 0 bridgehead atoms. The molecule has 2 aromatic rings. The maximum absolute atomic E-state index is 12.1. The van der Waals surface area contributed by atoms with E-state index in [0.717, 1.165) is 0 Å². The van der Waals surface area contributed by atoms with E-state index in [9.17, 15) is 19.7 Å². The number of benzene rings is 2. The van der Waals surface area contributed by atoms with Gasteiger partial charge in [-0.05, 0) is 18.2 Å². The minimum Gasteiger partial charge on any atom is -0.482 e. The predicted molar refractivity (Wildman–Crippen MR) is 93.1 cm³/mol. The zero-order valence-corrected chi connectivity index (χ0v) is 13.5. The Morgan fingerprint density at radius 3 is 2.81 bits per heavy atom. The molecule has 3 rings (SSSR count). The van der Waals surface area contributed by atoms with E-state index in [1.165, 1.54) is 29.3 Å². The minimum atomic E-state index is -0.537. The Morgan fingerprint density at radius 1 is 1.27 bits per heavy atom. The number of hydrazone groups is 1. The number of ether oxygens (including phenoxy) is 1. The van der Waals surface area contributed by atoms with Gasteiger partial charge in [0.25, 0.3) is 17.5 Å². The maximum atomic E-state index is 12.1. The molecule has 0 saturated carbocycles. The van der Waals surface area contributed by atoms with Crippen LogP contribution in [0.15, 0.2) is 53.6 Å². The smallest absolute Gasteiger partial charge is 0.278 e. The van der Waals surface area contributed by atoms with E-state index in [0.29, 0.717) is 11.4 Å². The Bertz CT molecular complexity index is 896. The van der Waals surface area contributed by atoms with E-state index in [-0.39, 0.29) is 30.3 Å². The zero-order chi connectivity index (χ0) is 18.5. The van der Waals surface area contributed by atoms with E-state index in [1.807, 2.05) is 0 Å². The third-order valence-electron chi connectivity index (χ3n) is 3.64. The number of rotatable bonds is 5. The third-order valence-corrected chi connectivity index (χ3v) is 3.64. The van der Waals surface area contributed by atoms with Crippen LogP contribution in [0.25, 0.3) is 0 Å². The fourth-order valence-electron chi connectivity index (χ4n) is 2.44. The molecule has 0 aromatic heterocycles. The van der Waals surface area contributed by atoms with Gasteiger partial charge in [-0.1, -0.05) is 24.3 Å². The van der Waals surface area contributed by atoms with Crippen molar-refractivity contribution < 1.29 is 19.2 Å². The predicted octanol–water partition coefficient (Wildman–Crippen LogP) is 1.47. The van der Waals surface area contributed by atoms with Gasteiger partial charge in [-0.15, -0.1) is 0 Å². The maximum Gasteiger partial charge on any atom is 0.278 e. The van der Waals surface area contributed by atoms with Crippen molar-refractivity contribution in [1.82, 2.24) is 5.43 Å². The van der Waals surface area contributed by atoms with Gasteiger partial charge in [0.1, 0.15) is 12.3 Å². The lowest BCUT2D eigenvalue weighted by Crippen LogP contribution is -2.44. The molecule has 1 aliphatic heterocycles. The average Bonchev–Trinajstić information content (AvgIpc) is 2.64. The number of nitrogens with one attached hydrogen (secondary N) is 1. The van der Waals surface area contributed by atoms with Gasteiger partial charge in [0.05, 0.1) is 22.4 Å². The molecule has 0 spiro atoms. The van der Waals surface area contributed by atoms with Crippen LogP contribution in [0.2, 0.25) is 0 Å². The van der Waals surface area contributed by atoms with Crippen molar-refractivity contribution in [1.29, 1.82) is 0 Å². The van der Waals surface area contributed by atoms with E-state index in [2.05, 4.69) is 10.5 Å². The molecular weight excluding hydrogens is 340 g/mol. The summed E-state index contributed by atoms with van der Waals surface area (Å²) in [5, 5.41) is 14.7. The van der Waals surface area contributed by atoms with Crippen molar-refractivity contribution in [3.05, 3.63) is 64.2 Å². The van der Waals surface area contributed by atoms with Gasteiger partial charge in [-0.25, -0.2) is 5.43 Å². The number of nitrogens with zero attached hydrogens (tertiary/aromatic N) is 3. The van der Waals surface area contributed by atoms with Crippen LogP contribution in [0.3, 0.4) is 0 Å². The number of para-hydroxylation sites is 3. The molecule has 132 valence electrons. The molecule has 0 fully saturated rings. The van der Waals surface area contributed by atoms with Crippen molar-refractivity contribution in [3.63, 3.8) is 0 Å². The lowest BCUT2D eigenvalue weighted by molar-refractivity contribution is -0.385. The Hall–Kier alpha value is -3.75. The first-order valence-corrected chi connectivity index (χ1v) is 7.64. The molecule has 1 aliphatic rings. The number of hydrogen-bond acceptors (Lipinski definition) is 6. The first-order valence-electron chi connectivity index (χ1n) is 7.64. The van der Waals surface area contributed by atoms with Crippen LogP contribution < -0.4 is 15.1 Å². The summed E-state index contributed by atoms with van der Waals surface area (Å²) < 4.78 is 5.31. The van der Waals surface area contributed by atoms with Crippen LogP contribution in [0.5, 0.6) is 5.75 Å². The normalized spacial score (nSPS) is 13.2. The van der Waals surface area contributed by atoms with Gasteiger partial charge in [0.2, 0.25) is 0 Å². The van der Waals surface area contributed by atoms with Gasteiger partial charge < -0.3 is 4.74 Å². The fourth-order valence-corrected chi connectivity index (χ4v) is 2.44. The topological polar surface area (TPSA) is 114 Å². The summed E-state index contributed by atoms with van der Waals surface area (Å²) >= 11 is 0. The molecule has 0 radical (unpaired) electrons. The van der Waals surface area contributed by atoms with Crippen LogP contribution in [0.4, 0.5) is 11.4 Å². The van der Waals surface area contributed by atoms with Crippen LogP contribution in [-0.4, -0.2) is 36.1 Å². The quantitative estimate of drug-likeness (QED) is 0.496. The van der Waals surface area contributed by atoms with E-state index >= 15 is 0 Å².